The van der Waals surface area contributed by atoms with Gasteiger partial charge in [0.2, 0.25) is 0 Å². The Hall–Kier alpha value is -0.830. The molecule has 1 aromatic rings. The number of likely N-dealkylation sites (tertiary alicyclic amines) is 1. The topological polar surface area (TPSA) is 29.3 Å². The molecule has 0 bridgehead atoms. The number of nitrogens with zero attached hydrogens (tertiary/aromatic N) is 2. The van der Waals surface area contributed by atoms with Gasteiger partial charge in [-0.15, -0.1) is 0 Å². The number of oxazole rings is 1. The minimum atomic E-state index is 0.948. The summed E-state index contributed by atoms with van der Waals surface area (Å²) in [6.07, 6.45) is 7.26. The molecule has 0 N–H and O–H groups in total. The van der Waals surface area contributed by atoms with Gasteiger partial charge in [0.25, 0.3) is 0 Å². The molecule has 78 valence electrons. The summed E-state index contributed by atoms with van der Waals surface area (Å²) in [6, 6.07) is 0. The normalized spacial score (nSPS) is 20.1. The average Bonchev–Trinajstić information content (AvgIpc) is 2.72. The minimum Gasteiger partial charge on any atom is -0.451 e. The van der Waals surface area contributed by atoms with Crippen LogP contribution in [0.25, 0.3) is 0 Å². The molecule has 1 saturated heterocycles. The number of hydrogen-bond donors (Lipinski definition) is 0. The molecule has 0 amide bonds. The van der Waals surface area contributed by atoms with E-state index in [9.17, 15) is 0 Å². The Bertz CT molecular complexity index is 250. The average molecular weight is 194 g/mol. The van der Waals surface area contributed by atoms with Crippen molar-refractivity contribution in [3.63, 3.8) is 0 Å². The molecule has 14 heavy (non-hydrogen) atoms. The summed E-state index contributed by atoms with van der Waals surface area (Å²) in [7, 11) is 0. The molecule has 1 aromatic heterocycles. The van der Waals surface area contributed by atoms with Gasteiger partial charge in [0.1, 0.15) is 6.26 Å². The van der Waals surface area contributed by atoms with Crippen LogP contribution in [0.5, 0.6) is 0 Å². The second-order valence-corrected chi connectivity index (χ2v) is 4.11. The first-order chi connectivity index (χ1) is 6.88. The van der Waals surface area contributed by atoms with Gasteiger partial charge in [-0.25, -0.2) is 4.98 Å². The van der Waals surface area contributed by atoms with Crippen molar-refractivity contribution in [3.05, 3.63) is 18.4 Å². The molecule has 1 aliphatic rings. The maximum absolute atomic E-state index is 4.96. The Morgan fingerprint density at radius 2 is 2.29 bits per heavy atom. The highest BCUT2D eigenvalue weighted by atomic mass is 16.3. The highest BCUT2D eigenvalue weighted by molar-refractivity contribution is 4.91. The number of piperidine rings is 1. The monoisotopic (exact) mass is 194 g/mol. The first kappa shape index (κ1) is 9.71. The van der Waals surface area contributed by atoms with Crippen LogP contribution in [0.3, 0.4) is 0 Å². The van der Waals surface area contributed by atoms with Crippen LogP contribution in [-0.2, 0) is 6.54 Å². The van der Waals surface area contributed by atoms with Crippen molar-refractivity contribution < 1.29 is 4.42 Å². The van der Waals surface area contributed by atoms with E-state index in [-0.39, 0.29) is 0 Å². The molecule has 2 rings (SSSR count). The van der Waals surface area contributed by atoms with Crippen LogP contribution in [0.4, 0.5) is 0 Å². The highest BCUT2D eigenvalue weighted by Crippen LogP contribution is 2.20. The van der Waals surface area contributed by atoms with Gasteiger partial charge in [-0.3, -0.25) is 4.90 Å². The number of hydrogen-bond acceptors (Lipinski definition) is 3. The Labute approximate surface area is 85.1 Å². The van der Waals surface area contributed by atoms with Gasteiger partial charge in [0, 0.05) is 6.54 Å². The molecule has 1 fully saturated rings. The van der Waals surface area contributed by atoms with Gasteiger partial charge in [-0.2, -0.15) is 0 Å². The molecule has 0 atom stereocenters. The van der Waals surface area contributed by atoms with E-state index >= 15 is 0 Å². The first-order valence-electron chi connectivity index (χ1n) is 5.48. The summed E-state index contributed by atoms with van der Waals surface area (Å²) in [4.78, 5) is 6.60. The fraction of sp³-hybridized carbons (Fsp3) is 0.727. The van der Waals surface area contributed by atoms with Gasteiger partial charge in [0.15, 0.2) is 6.39 Å². The van der Waals surface area contributed by atoms with Gasteiger partial charge in [0.05, 0.1) is 5.69 Å². The predicted octanol–water partition coefficient (Wildman–Crippen LogP) is 2.30. The first-order valence-corrected chi connectivity index (χ1v) is 5.48. The van der Waals surface area contributed by atoms with Crippen molar-refractivity contribution >= 4 is 0 Å². The molecule has 0 aliphatic carbocycles. The molecule has 2 heterocycles. The summed E-state index contributed by atoms with van der Waals surface area (Å²) in [5.41, 5.74) is 1.06. The van der Waals surface area contributed by atoms with Crippen LogP contribution in [0.15, 0.2) is 17.1 Å². The molecule has 0 aromatic carbocycles. The van der Waals surface area contributed by atoms with Crippen molar-refractivity contribution in [2.75, 3.05) is 13.1 Å². The zero-order valence-electron chi connectivity index (χ0n) is 8.78. The van der Waals surface area contributed by atoms with Crippen LogP contribution < -0.4 is 0 Å². The van der Waals surface area contributed by atoms with Crippen molar-refractivity contribution in [2.45, 2.75) is 32.7 Å². The SMILES string of the molecule is CCC1CCN(Cc2cocn2)CC1. The van der Waals surface area contributed by atoms with Crippen LogP contribution in [0, 0.1) is 5.92 Å². The van der Waals surface area contributed by atoms with E-state index in [1.54, 1.807) is 6.26 Å². The third-order valence-corrected chi connectivity index (χ3v) is 3.15. The van der Waals surface area contributed by atoms with E-state index < -0.39 is 0 Å². The van der Waals surface area contributed by atoms with Crippen LogP contribution in [0.1, 0.15) is 31.9 Å². The van der Waals surface area contributed by atoms with E-state index in [2.05, 4.69) is 16.8 Å². The summed E-state index contributed by atoms with van der Waals surface area (Å²) in [5.74, 6) is 0.948. The lowest BCUT2D eigenvalue weighted by atomic mass is 9.94. The van der Waals surface area contributed by atoms with Crippen molar-refractivity contribution in [1.29, 1.82) is 0 Å². The maximum Gasteiger partial charge on any atom is 0.180 e. The number of aromatic nitrogens is 1. The molecule has 0 radical (unpaired) electrons. The maximum atomic E-state index is 4.96. The smallest absolute Gasteiger partial charge is 0.180 e. The lowest BCUT2D eigenvalue weighted by Crippen LogP contribution is -2.33. The largest absolute Gasteiger partial charge is 0.451 e. The molecule has 3 nitrogen and oxygen atoms in total. The van der Waals surface area contributed by atoms with E-state index in [1.165, 1.54) is 38.7 Å². The number of rotatable bonds is 3. The third-order valence-electron chi connectivity index (χ3n) is 3.15. The molecule has 3 heteroatoms. The third kappa shape index (κ3) is 2.35. The summed E-state index contributed by atoms with van der Waals surface area (Å²) < 4.78 is 4.96. The zero-order chi connectivity index (χ0) is 9.80. The molecular weight excluding hydrogens is 176 g/mol. The van der Waals surface area contributed by atoms with Gasteiger partial charge < -0.3 is 4.42 Å². The summed E-state index contributed by atoms with van der Waals surface area (Å²) >= 11 is 0. The van der Waals surface area contributed by atoms with Crippen molar-refractivity contribution in [2.24, 2.45) is 5.92 Å². The second kappa shape index (κ2) is 4.60. The van der Waals surface area contributed by atoms with Gasteiger partial charge >= 0.3 is 0 Å². The lowest BCUT2D eigenvalue weighted by Gasteiger charge is -2.30. The lowest BCUT2D eigenvalue weighted by molar-refractivity contribution is 0.173. The van der Waals surface area contributed by atoms with Gasteiger partial charge in [-0.05, 0) is 31.8 Å². The standard InChI is InChI=1S/C11H18N2O/c1-2-10-3-5-13(6-4-10)7-11-8-14-9-12-11/h8-10H,2-7H2,1H3. The van der Waals surface area contributed by atoms with Crippen LogP contribution in [0.2, 0.25) is 0 Å². The van der Waals surface area contributed by atoms with E-state index in [1.807, 2.05) is 0 Å². The summed E-state index contributed by atoms with van der Waals surface area (Å²) in [5, 5.41) is 0. The van der Waals surface area contributed by atoms with E-state index in [0.717, 1.165) is 18.2 Å². The van der Waals surface area contributed by atoms with Crippen LogP contribution >= 0.6 is 0 Å². The minimum absolute atomic E-state index is 0.948. The molecule has 0 spiro atoms. The quantitative estimate of drug-likeness (QED) is 0.739. The second-order valence-electron chi connectivity index (χ2n) is 4.11. The fourth-order valence-corrected chi connectivity index (χ4v) is 2.10. The molecule has 0 unspecified atom stereocenters. The molecular formula is C11H18N2O. The Kier molecular flexibility index (Phi) is 3.19. The van der Waals surface area contributed by atoms with E-state index in [4.69, 9.17) is 4.42 Å². The van der Waals surface area contributed by atoms with Gasteiger partial charge in [-0.1, -0.05) is 13.3 Å². The predicted molar refractivity (Wildman–Crippen MR) is 54.8 cm³/mol. The Morgan fingerprint density at radius 3 is 2.86 bits per heavy atom. The fourth-order valence-electron chi connectivity index (χ4n) is 2.10. The Morgan fingerprint density at radius 1 is 1.50 bits per heavy atom. The van der Waals surface area contributed by atoms with E-state index in [0.29, 0.717) is 0 Å². The van der Waals surface area contributed by atoms with Crippen molar-refractivity contribution in [1.82, 2.24) is 9.88 Å². The molecule has 1 aliphatic heterocycles. The highest BCUT2D eigenvalue weighted by Gasteiger charge is 2.18. The zero-order valence-corrected chi connectivity index (χ0v) is 8.78. The van der Waals surface area contributed by atoms with Crippen molar-refractivity contribution in [3.8, 4) is 0 Å². The molecule has 0 saturated carbocycles. The Balaban J connectivity index is 1.79. The summed E-state index contributed by atoms with van der Waals surface area (Å²) in [6.45, 7) is 5.67. The van der Waals surface area contributed by atoms with Crippen LogP contribution in [-0.4, -0.2) is 23.0 Å².